The summed E-state index contributed by atoms with van der Waals surface area (Å²) < 4.78 is 0. The maximum Gasteiger partial charge on any atom is 0.229 e. The quantitative estimate of drug-likeness (QED) is 0.656. The van der Waals surface area contributed by atoms with E-state index < -0.39 is 0 Å². The molecule has 0 radical (unpaired) electrons. The molecule has 0 bridgehead atoms. The minimum Gasteiger partial charge on any atom is -0.352 e. The lowest BCUT2D eigenvalue weighted by atomic mass is 9.78. The van der Waals surface area contributed by atoms with Crippen LogP contribution in [0, 0.1) is 11.8 Å². The fraction of sp³-hybridized carbons (Fsp3) is 0.900. The molecule has 3 atom stereocenters. The largest absolute Gasteiger partial charge is 0.352 e. The summed E-state index contributed by atoms with van der Waals surface area (Å²) in [6.45, 7) is 4.50. The van der Waals surface area contributed by atoms with Gasteiger partial charge in [-0.05, 0) is 18.3 Å². The summed E-state index contributed by atoms with van der Waals surface area (Å²) in [5, 5.41) is 3.03. The average Bonchev–Trinajstić information content (AvgIpc) is 2.13. The van der Waals surface area contributed by atoms with E-state index in [1.165, 1.54) is 12.8 Å². The van der Waals surface area contributed by atoms with Gasteiger partial charge in [0.2, 0.25) is 5.91 Å². The van der Waals surface area contributed by atoms with Crippen molar-refractivity contribution in [1.82, 2.24) is 5.32 Å². The average molecular weight is 201 g/mol. The van der Waals surface area contributed by atoms with Gasteiger partial charge in [0.15, 0.2) is 0 Å². The van der Waals surface area contributed by atoms with E-state index in [9.17, 15) is 4.79 Å². The smallest absolute Gasteiger partial charge is 0.229 e. The Kier molecular flexibility index (Phi) is 4.10. The van der Waals surface area contributed by atoms with E-state index in [1.54, 1.807) is 0 Å². The third-order valence-corrected chi connectivity index (χ3v) is 3.48. The summed E-state index contributed by atoms with van der Waals surface area (Å²) in [6.07, 6.45) is 3.67. The van der Waals surface area contributed by atoms with Gasteiger partial charge in [-0.25, -0.2) is 0 Å². The summed E-state index contributed by atoms with van der Waals surface area (Å²) in [5.74, 6) is 1.71. The van der Waals surface area contributed by atoms with Crippen LogP contribution in [0.4, 0.5) is 0 Å². The van der Waals surface area contributed by atoms with Gasteiger partial charge < -0.3 is 5.32 Å². The normalized spacial score (nSPS) is 34.2. The van der Waals surface area contributed by atoms with Crippen molar-refractivity contribution in [2.45, 2.75) is 39.2 Å². The number of amides is 1. The SMILES string of the molecule is CC1CCCC(NC(=O)CS)C1C. The summed E-state index contributed by atoms with van der Waals surface area (Å²) >= 11 is 3.96. The summed E-state index contributed by atoms with van der Waals surface area (Å²) in [7, 11) is 0. The number of hydrogen-bond donors (Lipinski definition) is 2. The highest BCUT2D eigenvalue weighted by molar-refractivity contribution is 7.81. The molecule has 0 aliphatic heterocycles. The number of rotatable bonds is 2. The van der Waals surface area contributed by atoms with Crippen LogP contribution in [-0.2, 0) is 4.79 Å². The number of carbonyl (C=O) groups is 1. The highest BCUT2D eigenvalue weighted by Gasteiger charge is 2.27. The summed E-state index contributed by atoms with van der Waals surface area (Å²) in [4.78, 5) is 11.1. The lowest BCUT2D eigenvalue weighted by molar-refractivity contribution is -0.119. The van der Waals surface area contributed by atoms with Gasteiger partial charge in [0, 0.05) is 6.04 Å². The van der Waals surface area contributed by atoms with Gasteiger partial charge in [-0.3, -0.25) is 4.79 Å². The van der Waals surface area contributed by atoms with Crippen molar-refractivity contribution < 1.29 is 4.79 Å². The predicted molar refractivity (Wildman–Crippen MR) is 58.0 cm³/mol. The first-order valence-electron chi connectivity index (χ1n) is 5.05. The van der Waals surface area contributed by atoms with Crippen LogP contribution in [0.3, 0.4) is 0 Å². The molecule has 0 heterocycles. The molecule has 0 aromatic rings. The zero-order chi connectivity index (χ0) is 9.84. The van der Waals surface area contributed by atoms with Gasteiger partial charge in [0.25, 0.3) is 0 Å². The second kappa shape index (κ2) is 4.89. The van der Waals surface area contributed by atoms with Crippen LogP contribution >= 0.6 is 12.6 Å². The molecule has 1 aliphatic carbocycles. The molecule has 1 fully saturated rings. The maximum absolute atomic E-state index is 11.1. The maximum atomic E-state index is 11.1. The van der Waals surface area contributed by atoms with Crippen LogP contribution in [0.1, 0.15) is 33.1 Å². The predicted octanol–water partition coefficient (Wildman–Crippen LogP) is 1.86. The topological polar surface area (TPSA) is 29.1 Å². The second-order valence-corrected chi connectivity index (χ2v) is 4.42. The third-order valence-electron chi connectivity index (χ3n) is 3.20. The lowest BCUT2D eigenvalue weighted by Crippen LogP contribution is -2.44. The van der Waals surface area contributed by atoms with Crippen LogP contribution in [-0.4, -0.2) is 17.7 Å². The van der Waals surface area contributed by atoms with E-state index in [-0.39, 0.29) is 5.91 Å². The monoisotopic (exact) mass is 201 g/mol. The van der Waals surface area contributed by atoms with Gasteiger partial charge in [-0.1, -0.05) is 26.7 Å². The second-order valence-electron chi connectivity index (χ2n) is 4.10. The first-order chi connectivity index (χ1) is 6.15. The minimum absolute atomic E-state index is 0.0642. The molecule has 3 heteroatoms. The Hall–Kier alpha value is -0.180. The molecule has 1 N–H and O–H groups in total. The molecule has 1 amide bonds. The Labute approximate surface area is 85.9 Å². The zero-order valence-corrected chi connectivity index (χ0v) is 9.31. The first kappa shape index (κ1) is 10.9. The van der Waals surface area contributed by atoms with Crippen molar-refractivity contribution in [1.29, 1.82) is 0 Å². The van der Waals surface area contributed by atoms with Crippen molar-refractivity contribution in [3.8, 4) is 0 Å². The van der Waals surface area contributed by atoms with Crippen LogP contribution in [0.2, 0.25) is 0 Å². The van der Waals surface area contributed by atoms with Gasteiger partial charge in [-0.15, -0.1) is 0 Å². The Bertz CT molecular complexity index is 184. The lowest BCUT2D eigenvalue weighted by Gasteiger charge is -2.34. The molecular formula is C10H19NOS. The van der Waals surface area contributed by atoms with Crippen LogP contribution < -0.4 is 5.32 Å². The Balaban J connectivity index is 2.43. The Morgan fingerprint density at radius 1 is 1.46 bits per heavy atom. The highest BCUT2D eigenvalue weighted by Crippen LogP contribution is 2.29. The van der Waals surface area contributed by atoms with Crippen molar-refractivity contribution >= 4 is 18.5 Å². The van der Waals surface area contributed by atoms with Gasteiger partial charge in [0.1, 0.15) is 0 Å². The van der Waals surface area contributed by atoms with E-state index in [0.29, 0.717) is 17.7 Å². The third kappa shape index (κ3) is 2.90. The van der Waals surface area contributed by atoms with Crippen molar-refractivity contribution in [2.24, 2.45) is 11.8 Å². The molecule has 1 aliphatic rings. The van der Waals surface area contributed by atoms with Crippen molar-refractivity contribution in [3.63, 3.8) is 0 Å². The van der Waals surface area contributed by atoms with Crippen molar-refractivity contribution in [3.05, 3.63) is 0 Å². The minimum atomic E-state index is 0.0642. The first-order valence-corrected chi connectivity index (χ1v) is 5.68. The molecule has 0 saturated heterocycles. The molecule has 76 valence electrons. The van der Waals surface area contributed by atoms with E-state index in [1.807, 2.05) is 0 Å². The van der Waals surface area contributed by atoms with Gasteiger partial charge in [0.05, 0.1) is 5.75 Å². The molecule has 0 aromatic carbocycles. The Morgan fingerprint density at radius 2 is 2.15 bits per heavy atom. The van der Waals surface area contributed by atoms with Crippen LogP contribution in [0.25, 0.3) is 0 Å². The summed E-state index contributed by atoms with van der Waals surface area (Å²) in [6, 6.07) is 0.378. The molecule has 0 aromatic heterocycles. The van der Waals surface area contributed by atoms with Crippen LogP contribution in [0.5, 0.6) is 0 Å². The molecule has 0 spiro atoms. The number of carbonyl (C=O) groups excluding carboxylic acids is 1. The molecule has 3 unspecified atom stereocenters. The van der Waals surface area contributed by atoms with Crippen molar-refractivity contribution in [2.75, 3.05) is 5.75 Å². The molecule has 1 rings (SSSR count). The van der Waals surface area contributed by atoms with E-state index >= 15 is 0 Å². The zero-order valence-electron chi connectivity index (χ0n) is 8.42. The van der Waals surface area contributed by atoms with E-state index in [2.05, 4.69) is 31.8 Å². The molecule has 2 nitrogen and oxygen atoms in total. The Morgan fingerprint density at radius 3 is 2.77 bits per heavy atom. The van der Waals surface area contributed by atoms with E-state index in [0.717, 1.165) is 12.3 Å². The van der Waals surface area contributed by atoms with Gasteiger partial charge >= 0.3 is 0 Å². The molecule has 13 heavy (non-hydrogen) atoms. The standard InChI is InChI=1S/C10H19NOS/c1-7-4-3-5-9(8(7)2)11-10(12)6-13/h7-9,13H,3-6H2,1-2H3,(H,11,12). The fourth-order valence-corrected chi connectivity index (χ4v) is 2.13. The van der Waals surface area contributed by atoms with E-state index in [4.69, 9.17) is 0 Å². The molecule has 1 saturated carbocycles. The number of thiol groups is 1. The fourth-order valence-electron chi connectivity index (χ4n) is 2.04. The number of hydrogen-bond acceptors (Lipinski definition) is 2. The highest BCUT2D eigenvalue weighted by atomic mass is 32.1. The van der Waals surface area contributed by atoms with Crippen LogP contribution in [0.15, 0.2) is 0 Å². The van der Waals surface area contributed by atoms with Gasteiger partial charge in [-0.2, -0.15) is 12.6 Å². The summed E-state index contributed by atoms with van der Waals surface area (Å²) in [5.41, 5.74) is 0. The number of nitrogens with one attached hydrogen (secondary N) is 1. The molecular weight excluding hydrogens is 182 g/mol.